The van der Waals surface area contributed by atoms with E-state index in [1.54, 1.807) is 24.3 Å². The second-order valence-corrected chi connectivity index (χ2v) is 7.54. The molecule has 0 spiro atoms. The van der Waals surface area contributed by atoms with Gasteiger partial charge in [-0.05, 0) is 49.3 Å². The van der Waals surface area contributed by atoms with Gasteiger partial charge in [-0.1, -0.05) is 17.7 Å². The molecule has 3 N–H and O–H groups in total. The van der Waals surface area contributed by atoms with Gasteiger partial charge in [0.15, 0.2) is 6.29 Å². The summed E-state index contributed by atoms with van der Waals surface area (Å²) >= 11 is 5.91. The molecule has 1 aliphatic carbocycles. The van der Waals surface area contributed by atoms with Crippen molar-refractivity contribution < 1.29 is 29.5 Å². The summed E-state index contributed by atoms with van der Waals surface area (Å²) in [6, 6.07) is 7.03. The zero-order valence-electron chi connectivity index (χ0n) is 14.7. The van der Waals surface area contributed by atoms with Gasteiger partial charge in [-0.25, -0.2) is 0 Å². The largest absolute Gasteiger partial charge is 0.491 e. The van der Waals surface area contributed by atoms with Crippen molar-refractivity contribution in [1.82, 2.24) is 0 Å². The fourth-order valence-corrected chi connectivity index (χ4v) is 4.07. The number of benzene rings is 1. The van der Waals surface area contributed by atoms with Crippen molar-refractivity contribution in [3.63, 3.8) is 0 Å². The molecule has 0 aromatic heterocycles. The van der Waals surface area contributed by atoms with E-state index in [1.165, 1.54) is 0 Å². The van der Waals surface area contributed by atoms with Gasteiger partial charge < -0.3 is 29.5 Å². The first kappa shape index (κ1) is 19.9. The highest BCUT2D eigenvalue weighted by Crippen LogP contribution is 2.39. The lowest BCUT2D eigenvalue weighted by Gasteiger charge is -2.26. The maximum Gasteiger partial charge on any atom is 0.158 e. The van der Waals surface area contributed by atoms with Crippen LogP contribution >= 0.6 is 11.6 Å². The first-order valence-corrected chi connectivity index (χ1v) is 9.56. The third-order valence-electron chi connectivity index (χ3n) is 5.25. The Labute approximate surface area is 158 Å². The lowest BCUT2D eigenvalue weighted by Crippen LogP contribution is -2.28. The summed E-state index contributed by atoms with van der Waals surface area (Å²) in [7, 11) is 0. The van der Waals surface area contributed by atoms with Crippen molar-refractivity contribution in [2.45, 2.75) is 50.3 Å². The highest BCUT2D eigenvalue weighted by atomic mass is 35.5. The Bertz CT molecular complexity index is 565. The fraction of sp³-hybridized carbons (Fsp3) is 0.684. The smallest absolute Gasteiger partial charge is 0.158 e. The maximum absolute atomic E-state index is 10.3. The number of aliphatic hydroxyl groups excluding tert-OH is 3. The van der Waals surface area contributed by atoms with E-state index < -0.39 is 18.3 Å². The number of hydrogen-bond acceptors (Lipinski definition) is 6. The Kier molecular flexibility index (Phi) is 7.14. The van der Waals surface area contributed by atoms with E-state index in [4.69, 9.17) is 25.8 Å². The van der Waals surface area contributed by atoms with E-state index in [9.17, 15) is 15.3 Å². The summed E-state index contributed by atoms with van der Waals surface area (Å²) in [6.07, 6.45) is -0.0832. The van der Waals surface area contributed by atoms with Crippen LogP contribution in [0.1, 0.15) is 25.7 Å². The van der Waals surface area contributed by atoms with Gasteiger partial charge in [-0.15, -0.1) is 0 Å². The summed E-state index contributed by atoms with van der Waals surface area (Å²) < 4.78 is 16.5. The quantitative estimate of drug-likeness (QED) is 0.633. The van der Waals surface area contributed by atoms with Crippen LogP contribution in [-0.2, 0) is 9.47 Å². The van der Waals surface area contributed by atoms with Crippen molar-refractivity contribution in [1.29, 1.82) is 0 Å². The van der Waals surface area contributed by atoms with Gasteiger partial charge in [-0.3, -0.25) is 0 Å². The standard InChI is InChI=1S/C19H27ClO6/c20-12-2-1-3-14(8-12)26-11-13(21)4-5-15-16(18(23)10-17(15)22)9-19-24-6-7-25-19/h1-3,8,13,15-19,21-23H,4-7,9-11H2/t13-,15-,16-,17+,18-/m1/s1. The van der Waals surface area contributed by atoms with Gasteiger partial charge in [-0.2, -0.15) is 0 Å². The zero-order valence-corrected chi connectivity index (χ0v) is 15.4. The molecule has 0 bridgehead atoms. The molecule has 1 saturated carbocycles. The van der Waals surface area contributed by atoms with Crippen LogP contribution in [0.2, 0.25) is 5.02 Å². The summed E-state index contributed by atoms with van der Waals surface area (Å²) in [4.78, 5) is 0. The second-order valence-electron chi connectivity index (χ2n) is 7.10. The lowest BCUT2D eigenvalue weighted by molar-refractivity contribution is -0.0732. The Morgan fingerprint density at radius 2 is 1.88 bits per heavy atom. The number of halogens is 1. The van der Waals surface area contributed by atoms with Crippen LogP contribution in [0.4, 0.5) is 0 Å². The van der Waals surface area contributed by atoms with Crippen LogP contribution in [0.5, 0.6) is 5.75 Å². The molecule has 7 heteroatoms. The number of ether oxygens (including phenoxy) is 3. The Balaban J connectivity index is 1.46. The Hall–Kier alpha value is -0.890. The fourth-order valence-electron chi connectivity index (χ4n) is 3.89. The first-order valence-electron chi connectivity index (χ1n) is 9.18. The molecule has 0 amide bonds. The Morgan fingerprint density at radius 3 is 2.62 bits per heavy atom. The summed E-state index contributed by atoms with van der Waals surface area (Å²) in [6.45, 7) is 1.30. The Morgan fingerprint density at radius 1 is 1.15 bits per heavy atom. The molecule has 1 saturated heterocycles. The van der Waals surface area contributed by atoms with Crippen LogP contribution in [0.25, 0.3) is 0 Å². The second kappa shape index (κ2) is 9.35. The molecule has 0 radical (unpaired) electrons. The van der Waals surface area contributed by atoms with Crippen molar-refractivity contribution in [3.8, 4) is 5.75 Å². The molecule has 146 valence electrons. The van der Waals surface area contributed by atoms with Crippen molar-refractivity contribution in [2.75, 3.05) is 19.8 Å². The number of rotatable bonds is 8. The molecule has 2 aliphatic rings. The zero-order chi connectivity index (χ0) is 18.5. The minimum Gasteiger partial charge on any atom is -0.491 e. The summed E-state index contributed by atoms with van der Waals surface area (Å²) in [5, 5.41) is 31.3. The number of hydrogen-bond donors (Lipinski definition) is 3. The van der Waals surface area contributed by atoms with E-state index in [1.807, 2.05) is 0 Å². The highest BCUT2D eigenvalue weighted by molar-refractivity contribution is 6.30. The van der Waals surface area contributed by atoms with Crippen LogP contribution in [0, 0.1) is 11.8 Å². The molecule has 1 heterocycles. The molecule has 3 rings (SSSR count). The average Bonchev–Trinajstić information content (AvgIpc) is 3.20. The monoisotopic (exact) mass is 386 g/mol. The topological polar surface area (TPSA) is 88.4 Å². The third-order valence-corrected chi connectivity index (χ3v) is 5.48. The molecule has 1 aromatic rings. The van der Waals surface area contributed by atoms with Gasteiger partial charge >= 0.3 is 0 Å². The van der Waals surface area contributed by atoms with Gasteiger partial charge in [0.05, 0.1) is 31.5 Å². The van der Waals surface area contributed by atoms with Crippen LogP contribution in [0.3, 0.4) is 0 Å². The molecule has 5 atom stereocenters. The first-order chi connectivity index (χ1) is 12.5. The highest BCUT2D eigenvalue weighted by Gasteiger charge is 2.43. The summed E-state index contributed by atoms with van der Waals surface area (Å²) in [5.41, 5.74) is 0. The number of aliphatic hydroxyl groups is 3. The molecular weight excluding hydrogens is 360 g/mol. The van der Waals surface area contributed by atoms with Gasteiger partial charge in [0, 0.05) is 11.4 Å². The molecule has 2 fully saturated rings. The van der Waals surface area contributed by atoms with Gasteiger partial charge in [0.1, 0.15) is 12.4 Å². The predicted octanol–water partition coefficient (Wildman–Crippen LogP) is 1.98. The van der Waals surface area contributed by atoms with Crippen LogP contribution < -0.4 is 4.74 Å². The van der Waals surface area contributed by atoms with E-state index in [-0.39, 0.29) is 24.7 Å². The van der Waals surface area contributed by atoms with Crippen molar-refractivity contribution >= 4 is 11.6 Å². The maximum atomic E-state index is 10.3. The van der Waals surface area contributed by atoms with Crippen molar-refractivity contribution in [3.05, 3.63) is 29.3 Å². The van der Waals surface area contributed by atoms with E-state index in [2.05, 4.69) is 0 Å². The van der Waals surface area contributed by atoms with Gasteiger partial charge in [0.25, 0.3) is 0 Å². The minimum atomic E-state index is -0.654. The lowest BCUT2D eigenvalue weighted by atomic mass is 9.86. The van der Waals surface area contributed by atoms with Gasteiger partial charge in [0.2, 0.25) is 0 Å². The van der Waals surface area contributed by atoms with E-state index in [0.717, 1.165) is 0 Å². The molecule has 1 aliphatic heterocycles. The molecule has 0 unspecified atom stereocenters. The van der Waals surface area contributed by atoms with E-state index >= 15 is 0 Å². The van der Waals surface area contributed by atoms with Crippen LogP contribution in [0.15, 0.2) is 24.3 Å². The predicted molar refractivity (Wildman–Crippen MR) is 96.1 cm³/mol. The van der Waals surface area contributed by atoms with Crippen LogP contribution in [-0.4, -0.2) is 59.7 Å². The minimum absolute atomic E-state index is 0.0846. The van der Waals surface area contributed by atoms with Crippen molar-refractivity contribution in [2.24, 2.45) is 11.8 Å². The molecule has 6 nitrogen and oxygen atoms in total. The average molecular weight is 387 g/mol. The molecule has 1 aromatic carbocycles. The SMILES string of the molecule is O[C@H](CC[C@@H]1[C@@H](CC2OCCO2)[C@H](O)C[C@@H]1O)COc1cccc(Cl)c1. The normalized spacial score (nSPS) is 30.6. The summed E-state index contributed by atoms with van der Waals surface area (Å²) in [5.74, 6) is 0.439. The van der Waals surface area contributed by atoms with E-state index in [0.29, 0.717) is 49.7 Å². The molecular formula is C19H27ClO6. The molecule has 26 heavy (non-hydrogen) atoms. The third kappa shape index (κ3) is 5.31.